The molecule has 1 amide bonds. The minimum atomic E-state index is -0.447. The maximum Gasteiger partial charge on any atom is 0.325 e. The number of carbonyl (C=O) groups excluding carboxylic acids is 2. The summed E-state index contributed by atoms with van der Waals surface area (Å²) in [5, 5.41) is 0. The smallest absolute Gasteiger partial charge is 0.325 e. The van der Waals surface area contributed by atoms with E-state index in [4.69, 9.17) is 18.9 Å². The maximum atomic E-state index is 12.9. The van der Waals surface area contributed by atoms with Gasteiger partial charge in [0.1, 0.15) is 12.3 Å². The predicted molar refractivity (Wildman–Crippen MR) is 115 cm³/mol. The molecular formula is C22H22N2O6S. The van der Waals surface area contributed by atoms with Crippen LogP contribution in [-0.4, -0.2) is 37.0 Å². The zero-order chi connectivity index (χ0) is 21.8. The lowest BCUT2D eigenvalue weighted by molar-refractivity contribution is -0.141. The highest BCUT2D eigenvalue weighted by molar-refractivity contribution is 7.16. The van der Waals surface area contributed by atoms with Gasteiger partial charge in [0, 0.05) is 17.7 Å². The second kappa shape index (κ2) is 9.22. The Morgan fingerprint density at radius 1 is 1.19 bits per heavy atom. The number of nitrogens with zero attached hydrogens (tertiary/aromatic N) is 2. The molecule has 9 heteroatoms. The summed E-state index contributed by atoms with van der Waals surface area (Å²) in [6.07, 6.45) is 1.97. The van der Waals surface area contributed by atoms with Crippen LogP contribution in [0.3, 0.4) is 0 Å². The molecule has 3 aromatic rings. The largest absolute Gasteiger partial charge is 0.494 e. The highest BCUT2D eigenvalue weighted by Gasteiger charge is 2.19. The molecule has 2 aromatic carbocycles. The molecular weight excluding hydrogens is 420 g/mol. The molecule has 0 N–H and O–H groups in total. The molecule has 0 bridgehead atoms. The molecule has 0 spiro atoms. The van der Waals surface area contributed by atoms with Crippen LogP contribution >= 0.6 is 11.3 Å². The molecule has 0 unspecified atom stereocenters. The van der Waals surface area contributed by atoms with E-state index < -0.39 is 11.9 Å². The van der Waals surface area contributed by atoms with Crippen molar-refractivity contribution in [2.24, 2.45) is 4.99 Å². The molecule has 1 aliphatic rings. The number of hydrogen-bond acceptors (Lipinski definition) is 7. The molecule has 0 atom stereocenters. The van der Waals surface area contributed by atoms with Crippen molar-refractivity contribution in [3.8, 4) is 17.2 Å². The van der Waals surface area contributed by atoms with Crippen LogP contribution < -0.4 is 19.0 Å². The summed E-state index contributed by atoms with van der Waals surface area (Å²) in [6.45, 7) is 2.75. The number of amides is 1. The van der Waals surface area contributed by atoms with Crippen molar-refractivity contribution in [2.75, 3.05) is 20.5 Å². The second-order valence-corrected chi connectivity index (χ2v) is 7.88. The fraction of sp³-hybridized carbons (Fsp3) is 0.318. The monoisotopic (exact) mass is 442 g/mol. The van der Waals surface area contributed by atoms with E-state index in [1.807, 2.05) is 12.1 Å². The Bertz CT molecular complexity index is 1200. The summed E-state index contributed by atoms with van der Waals surface area (Å²) in [6, 6.07) is 10.5. The quantitative estimate of drug-likeness (QED) is 0.411. The van der Waals surface area contributed by atoms with Crippen molar-refractivity contribution in [1.29, 1.82) is 0 Å². The summed E-state index contributed by atoms with van der Waals surface area (Å²) in [5.41, 5.74) is 1.12. The van der Waals surface area contributed by atoms with E-state index in [1.54, 1.807) is 28.8 Å². The van der Waals surface area contributed by atoms with Crippen LogP contribution in [0.4, 0.5) is 0 Å². The Kier molecular flexibility index (Phi) is 6.22. The van der Waals surface area contributed by atoms with Gasteiger partial charge in [0.2, 0.25) is 6.79 Å². The second-order valence-electron chi connectivity index (χ2n) is 6.87. The lowest BCUT2D eigenvalue weighted by Crippen LogP contribution is -2.22. The number of hydrogen-bond donors (Lipinski definition) is 0. The van der Waals surface area contributed by atoms with E-state index in [0.717, 1.165) is 17.5 Å². The van der Waals surface area contributed by atoms with E-state index >= 15 is 0 Å². The van der Waals surface area contributed by atoms with E-state index in [-0.39, 0.29) is 13.3 Å². The minimum Gasteiger partial charge on any atom is -0.494 e. The van der Waals surface area contributed by atoms with Crippen LogP contribution in [0.5, 0.6) is 17.2 Å². The lowest BCUT2D eigenvalue weighted by Gasteiger charge is -2.06. The zero-order valence-corrected chi connectivity index (χ0v) is 18.1. The summed E-state index contributed by atoms with van der Waals surface area (Å²) in [7, 11) is 1.32. The third-order valence-electron chi connectivity index (χ3n) is 4.74. The molecule has 0 saturated heterocycles. The predicted octanol–water partition coefficient (Wildman–Crippen LogP) is 3.52. The molecule has 1 aliphatic heterocycles. The molecule has 0 saturated carbocycles. The Labute approximate surface area is 182 Å². The van der Waals surface area contributed by atoms with Gasteiger partial charge in [-0.1, -0.05) is 30.7 Å². The number of carbonyl (C=O) groups is 2. The molecule has 31 heavy (non-hydrogen) atoms. The number of esters is 1. The van der Waals surface area contributed by atoms with Gasteiger partial charge < -0.3 is 23.5 Å². The first-order valence-corrected chi connectivity index (χ1v) is 10.7. The average Bonchev–Trinajstić information content (AvgIpc) is 3.36. The molecule has 0 fully saturated rings. The average molecular weight is 442 g/mol. The fourth-order valence-corrected chi connectivity index (χ4v) is 4.13. The first-order chi connectivity index (χ1) is 15.1. The molecule has 8 nitrogen and oxygen atoms in total. The van der Waals surface area contributed by atoms with Gasteiger partial charge in [-0.05, 0) is 24.6 Å². The Hall–Kier alpha value is -3.33. The van der Waals surface area contributed by atoms with Gasteiger partial charge >= 0.3 is 5.97 Å². The first kappa shape index (κ1) is 20.9. The zero-order valence-electron chi connectivity index (χ0n) is 17.3. The number of rotatable bonds is 7. The number of methoxy groups -OCH3 is 1. The van der Waals surface area contributed by atoms with Crippen molar-refractivity contribution in [3.05, 3.63) is 46.8 Å². The number of aromatic nitrogens is 1. The van der Waals surface area contributed by atoms with E-state index in [9.17, 15) is 9.59 Å². The standard InChI is InChI=1S/C22H22N2O6S/c1-3-4-8-28-15-7-5-6-14(9-15)21(26)23-22-24(12-20(25)27-2)16-10-17-18(30-13-29-17)11-19(16)31-22/h5-7,9-11H,3-4,8,12-13H2,1-2H3. The fourth-order valence-electron chi connectivity index (χ4n) is 3.10. The van der Waals surface area contributed by atoms with Crippen LogP contribution in [0.2, 0.25) is 0 Å². The molecule has 4 rings (SSSR count). The summed E-state index contributed by atoms with van der Waals surface area (Å²) in [5.74, 6) is 0.954. The van der Waals surface area contributed by atoms with Crippen LogP contribution in [0.15, 0.2) is 41.4 Å². The van der Waals surface area contributed by atoms with Gasteiger partial charge in [0.15, 0.2) is 16.3 Å². The normalized spacial score (nSPS) is 12.9. The van der Waals surface area contributed by atoms with E-state index in [0.29, 0.717) is 39.7 Å². The third kappa shape index (κ3) is 4.56. The first-order valence-electron chi connectivity index (χ1n) is 9.90. The highest BCUT2D eigenvalue weighted by Crippen LogP contribution is 2.37. The van der Waals surface area contributed by atoms with Crippen molar-refractivity contribution in [1.82, 2.24) is 4.57 Å². The van der Waals surface area contributed by atoms with E-state index in [2.05, 4.69) is 11.9 Å². The van der Waals surface area contributed by atoms with Gasteiger partial charge in [-0.3, -0.25) is 9.59 Å². The highest BCUT2D eigenvalue weighted by atomic mass is 32.1. The van der Waals surface area contributed by atoms with E-state index in [1.165, 1.54) is 18.4 Å². The van der Waals surface area contributed by atoms with Crippen LogP contribution in [0, 0.1) is 0 Å². The lowest BCUT2D eigenvalue weighted by atomic mass is 10.2. The Morgan fingerprint density at radius 2 is 2.00 bits per heavy atom. The van der Waals surface area contributed by atoms with Crippen LogP contribution in [0.1, 0.15) is 30.1 Å². The molecule has 2 heterocycles. The van der Waals surface area contributed by atoms with Crippen molar-refractivity contribution in [3.63, 3.8) is 0 Å². The van der Waals surface area contributed by atoms with Gasteiger partial charge in [0.25, 0.3) is 5.91 Å². The molecule has 0 radical (unpaired) electrons. The number of ether oxygens (including phenoxy) is 4. The third-order valence-corrected chi connectivity index (χ3v) is 5.78. The van der Waals surface area contributed by atoms with Crippen LogP contribution in [0.25, 0.3) is 10.2 Å². The van der Waals surface area contributed by atoms with Crippen molar-refractivity contribution >= 4 is 33.4 Å². The van der Waals surface area contributed by atoms with Gasteiger partial charge in [-0.25, -0.2) is 0 Å². The summed E-state index contributed by atoms with van der Waals surface area (Å²) < 4.78 is 23.8. The Morgan fingerprint density at radius 3 is 2.77 bits per heavy atom. The maximum absolute atomic E-state index is 12.9. The van der Waals surface area contributed by atoms with Crippen molar-refractivity contribution in [2.45, 2.75) is 26.3 Å². The van der Waals surface area contributed by atoms with Crippen molar-refractivity contribution < 1.29 is 28.5 Å². The number of benzene rings is 2. The Balaban J connectivity index is 1.72. The summed E-state index contributed by atoms with van der Waals surface area (Å²) in [4.78, 5) is 29.6. The molecule has 0 aliphatic carbocycles. The van der Waals surface area contributed by atoms with Gasteiger partial charge in [-0.2, -0.15) is 4.99 Å². The topological polar surface area (TPSA) is 88.4 Å². The van der Waals surface area contributed by atoms with Gasteiger partial charge in [-0.15, -0.1) is 0 Å². The molecule has 162 valence electrons. The number of unbranched alkanes of at least 4 members (excludes halogenated alkanes) is 1. The van der Waals surface area contributed by atoms with Gasteiger partial charge in [0.05, 0.1) is 23.9 Å². The number of fused-ring (bicyclic) bond motifs is 2. The SMILES string of the molecule is CCCCOc1cccc(C(=O)N=c2sc3cc4c(cc3n2CC(=O)OC)OCO4)c1. The minimum absolute atomic E-state index is 0.0809. The number of thiazole rings is 1. The molecule has 1 aromatic heterocycles. The van der Waals surface area contributed by atoms with Crippen LogP contribution in [-0.2, 0) is 16.1 Å². The summed E-state index contributed by atoms with van der Waals surface area (Å²) >= 11 is 1.29.